The van der Waals surface area contributed by atoms with Crippen LogP contribution in [0.3, 0.4) is 0 Å². The highest BCUT2D eigenvalue weighted by Crippen LogP contribution is 2.68. The van der Waals surface area contributed by atoms with E-state index in [1.807, 2.05) is 0 Å². The third kappa shape index (κ3) is 4.11. The van der Waals surface area contributed by atoms with E-state index in [-0.39, 0.29) is 18.0 Å². The molecule has 0 saturated heterocycles. The molecule has 0 aromatic rings. The van der Waals surface area contributed by atoms with Gasteiger partial charge in [0, 0.05) is 0 Å². The highest BCUT2D eigenvalue weighted by Gasteiger charge is 2.61. The molecule has 4 aliphatic carbocycles. The van der Waals surface area contributed by atoms with Crippen molar-refractivity contribution in [2.24, 2.45) is 52.3 Å². The lowest BCUT2D eigenvalue weighted by Gasteiger charge is -2.61. The van der Waals surface area contributed by atoms with Crippen molar-refractivity contribution in [3.8, 4) is 0 Å². The standard InChI is InChI=1S/C28H48O3/c1-18(2)7-6-8-22(26(30)31-5)24-12-11-23-21-10-9-19-17-20(29)13-15-27(19,3)25(21)14-16-28(23,24)4/h18-25,29H,6-17H2,1-5H3/t19-,20-,21-,22+,23-,24+,25-,27-,28-/m0/s1. The second kappa shape index (κ2) is 8.99. The summed E-state index contributed by atoms with van der Waals surface area (Å²) in [7, 11) is 1.59. The number of rotatable bonds is 6. The molecule has 4 aliphatic rings. The molecule has 1 N–H and O–H groups in total. The molecule has 31 heavy (non-hydrogen) atoms. The number of hydrogen-bond acceptors (Lipinski definition) is 3. The first-order chi connectivity index (χ1) is 14.7. The van der Waals surface area contributed by atoms with E-state index in [1.54, 1.807) is 7.11 Å². The van der Waals surface area contributed by atoms with Crippen molar-refractivity contribution in [1.82, 2.24) is 0 Å². The van der Waals surface area contributed by atoms with Crippen molar-refractivity contribution in [2.75, 3.05) is 7.11 Å². The fourth-order valence-electron chi connectivity index (χ4n) is 9.32. The van der Waals surface area contributed by atoms with E-state index in [4.69, 9.17) is 4.74 Å². The topological polar surface area (TPSA) is 46.5 Å². The first kappa shape index (κ1) is 23.6. The third-order valence-electron chi connectivity index (χ3n) is 11.0. The zero-order chi connectivity index (χ0) is 22.4. The first-order valence-corrected chi connectivity index (χ1v) is 13.5. The quantitative estimate of drug-likeness (QED) is 0.480. The summed E-state index contributed by atoms with van der Waals surface area (Å²) in [5, 5.41) is 10.3. The predicted molar refractivity (Wildman–Crippen MR) is 125 cm³/mol. The van der Waals surface area contributed by atoms with Gasteiger partial charge in [-0.25, -0.2) is 0 Å². The number of ether oxygens (including phenoxy) is 1. The highest BCUT2D eigenvalue weighted by atomic mass is 16.5. The second-order valence-corrected chi connectivity index (χ2v) is 12.8. The van der Waals surface area contributed by atoms with Gasteiger partial charge in [-0.15, -0.1) is 0 Å². The number of methoxy groups -OCH3 is 1. The molecular weight excluding hydrogens is 384 g/mol. The van der Waals surface area contributed by atoms with Crippen LogP contribution in [0.5, 0.6) is 0 Å². The average Bonchev–Trinajstić information content (AvgIpc) is 3.08. The number of aliphatic hydroxyl groups is 1. The summed E-state index contributed by atoms with van der Waals surface area (Å²) in [6.45, 7) is 9.67. The molecule has 3 nitrogen and oxygen atoms in total. The van der Waals surface area contributed by atoms with Crippen LogP contribution in [0.4, 0.5) is 0 Å². The Morgan fingerprint density at radius 1 is 0.968 bits per heavy atom. The van der Waals surface area contributed by atoms with E-state index in [1.165, 1.54) is 51.4 Å². The molecule has 0 unspecified atom stereocenters. The summed E-state index contributed by atoms with van der Waals surface area (Å²) in [6, 6.07) is 0. The number of aliphatic hydroxyl groups excluding tert-OH is 1. The molecule has 4 saturated carbocycles. The van der Waals surface area contributed by atoms with Crippen LogP contribution in [-0.4, -0.2) is 24.3 Å². The van der Waals surface area contributed by atoms with Crippen LogP contribution in [0.2, 0.25) is 0 Å². The van der Waals surface area contributed by atoms with Crippen LogP contribution in [0.25, 0.3) is 0 Å². The summed E-state index contributed by atoms with van der Waals surface area (Å²) >= 11 is 0. The molecule has 4 fully saturated rings. The van der Waals surface area contributed by atoms with Crippen LogP contribution < -0.4 is 0 Å². The van der Waals surface area contributed by atoms with Gasteiger partial charge in [-0.1, -0.05) is 40.5 Å². The maximum Gasteiger partial charge on any atom is 0.308 e. The Morgan fingerprint density at radius 3 is 2.39 bits per heavy atom. The van der Waals surface area contributed by atoms with E-state index >= 15 is 0 Å². The first-order valence-electron chi connectivity index (χ1n) is 13.5. The van der Waals surface area contributed by atoms with Gasteiger partial charge in [0.1, 0.15) is 0 Å². The van der Waals surface area contributed by atoms with Gasteiger partial charge in [0.2, 0.25) is 0 Å². The smallest absolute Gasteiger partial charge is 0.308 e. The van der Waals surface area contributed by atoms with Crippen LogP contribution in [-0.2, 0) is 9.53 Å². The SMILES string of the molecule is COC(=O)[C@H](CCCC(C)C)[C@H]1CC[C@H]2[C@@H]3CC[C@H]4C[C@@H](O)CC[C@]4(C)[C@H]3CC[C@]12C. The van der Waals surface area contributed by atoms with Gasteiger partial charge in [0.15, 0.2) is 0 Å². The predicted octanol–water partition coefficient (Wildman–Crippen LogP) is 6.62. The maximum atomic E-state index is 12.9. The Labute approximate surface area is 191 Å². The Morgan fingerprint density at radius 2 is 1.68 bits per heavy atom. The van der Waals surface area contributed by atoms with E-state index in [0.717, 1.165) is 49.4 Å². The normalized spacial score (nSPS) is 45.5. The minimum Gasteiger partial charge on any atom is -0.469 e. The molecule has 0 amide bonds. The molecular formula is C28H48O3. The van der Waals surface area contributed by atoms with Gasteiger partial charge in [-0.05, 0) is 111 Å². The molecule has 9 atom stereocenters. The molecule has 3 heteroatoms. The molecule has 0 aromatic heterocycles. The summed E-state index contributed by atoms with van der Waals surface area (Å²) in [4.78, 5) is 12.9. The van der Waals surface area contributed by atoms with Crippen LogP contribution in [0, 0.1) is 52.3 Å². The zero-order valence-corrected chi connectivity index (χ0v) is 20.9. The molecule has 0 heterocycles. The van der Waals surface area contributed by atoms with Crippen molar-refractivity contribution >= 4 is 5.97 Å². The van der Waals surface area contributed by atoms with Gasteiger partial charge < -0.3 is 9.84 Å². The molecule has 0 bridgehead atoms. The Bertz CT molecular complexity index is 644. The van der Waals surface area contributed by atoms with Crippen molar-refractivity contribution in [3.63, 3.8) is 0 Å². The Hall–Kier alpha value is -0.570. The molecule has 178 valence electrons. The number of esters is 1. The number of carbonyl (C=O) groups excluding carboxylic acids is 1. The minimum absolute atomic E-state index is 0.0506. The Balaban J connectivity index is 1.52. The second-order valence-electron chi connectivity index (χ2n) is 12.8. The van der Waals surface area contributed by atoms with Gasteiger partial charge in [0.05, 0.1) is 19.1 Å². The van der Waals surface area contributed by atoms with Crippen LogP contribution in [0.15, 0.2) is 0 Å². The monoisotopic (exact) mass is 432 g/mol. The zero-order valence-electron chi connectivity index (χ0n) is 20.9. The lowest BCUT2D eigenvalue weighted by atomic mass is 9.44. The van der Waals surface area contributed by atoms with E-state index < -0.39 is 0 Å². The Kier molecular flexibility index (Phi) is 6.84. The van der Waals surface area contributed by atoms with Gasteiger partial charge >= 0.3 is 5.97 Å². The van der Waals surface area contributed by atoms with Crippen LogP contribution in [0.1, 0.15) is 105 Å². The summed E-state index contributed by atoms with van der Waals surface area (Å²) in [5.74, 6) is 4.49. The van der Waals surface area contributed by atoms with E-state index in [2.05, 4.69) is 27.7 Å². The van der Waals surface area contributed by atoms with Crippen LogP contribution >= 0.6 is 0 Å². The maximum absolute atomic E-state index is 12.9. The average molecular weight is 433 g/mol. The lowest BCUT2D eigenvalue weighted by Crippen LogP contribution is -2.54. The fourth-order valence-corrected chi connectivity index (χ4v) is 9.32. The van der Waals surface area contributed by atoms with Crippen molar-refractivity contribution in [2.45, 2.75) is 111 Å². The number of fused-ring (bicyclic) bond motifs is 5. The van der Waals surface area contributed by atoms with Gasteiger partial charge in [-0.2, -0.15) is 0 Å². The van der Waals surface area contributed by atoms with E-state index in [9.17, 15) is 9.90 Å². The third-order valence-corrected chi connectivity index (χ3v) is 11.0. The van der Waals surface area contributed by atoms with Gasteiger partial charge in [0.25, 0.3) is 0 Å². The molecule has 0 spiro atoms. The summed E-state index contributed by atoms with van der Waals surface area (Å²) in [5.41, 5.74) is 0.732. The summed E-state index contributed by atoms with van der Waals surface area (Å²) < 4.78 is 5.35. The van der Waals surface area contributed by atoms with Crippen molar-refractivity contribution in [3.05, 3.63) is 0 Å². The number of hydrogen-bond donors (Lipinski definition) is 1. The molecule has 4 rings (SSSR count). The van der Waals surface area contributed by atoms with Crippen molar-refractivity contribution < 1.29 is 14.6 Å². The molecule has 0 aliphatic heterocycles. The van der Waals surface area contributed by atoms with Crippen molar-refractivity contribution in [1.29, 1.82) is 0 Å². The largest absolute Gasteiger partial charge is 0.469 e. The number of carbonyl (C=O) groups is 1. The minimum atomic E-state index is -0.0639. The van der Waals surface area contributed by atoms with Gasteiger partial charge in [-0.3, -0.25) is 4.79 Å². The van der Waals surface area contributed by atoms with E-state index in [0.29, 0.717) is 22.7 Å². The molecule has 0 aromatic carbocycles. The summed E-state index contributed by atoms with van der Waals surface area (Å²) in [6.07, 6.45) is 14.3. The fraction of sp³-hybridized carbons (Fsp3) is 0.964. The lowest BCUT2D eigenvalue weighted by molar-refractivity contribution is -0.154. The highest BCUT2D eigenvalue weighted by molar-refractivity contribution is 5.72. The molecule has 0 radical (unpaired) electrons.